The maximum atomic E-state index is 12.7. The Bertz CT molecular complexity index is 797. The van der Waals surface area contributed by atoms with E-state index in [0.717, 1.165) is 24.1 Å². The number of nitrogens with one attached hydrogen (secondary N) is 2. The summed E-state index contributed by atoms with van der Waals surface area (Å²) in [5.74, 6) is 0.0299. The highest BCUT2D eigenvalue weighted by atomic mass is 16.5. The van der Waals surface area contributed by atoms with Crippen molar-refractivity contribution in [3.8, 4) is 0 Å². The normalized spacial score (nSPS) is 16.6. The highest BCUT2D eigenvalue weighted by Crippen LogP contribution is 2.37. The van der Waals surface area contributed by atoms with Crippen molar-refractivity contribution in [1.29, 1.82) is 0 Å². The number of carbonyl (C=O) groups excluding carboxylic acids is 2. The zero-order valence-corrected chi connectivity index (χ0v) is 15.7. The molecule has 0 spiro atoms. The molecule has 1 aliphatic heterocycles. The highest BCUT2D eigenvalue weighted by Gasteiger charge is 2.33. The van der Waals surface area contributed by atoms with Crippen molar-refractivity contribution in [1.82, 2.24) is 15.2 Å². The van der Waals surface area contributed by atoms with Gasteiger partial charge in [-0.3, -0.25) is 4.79 Å². The molecule has 0 fully saturated rings. The summed E-state index contributed by atoms with van der Waals surface area (Å²) in [6.07, 6.45) is 1.67. The van der Waals surface area contributed by atoms with E-state index in [1.54, 1.807) is 6.92 Å². The predicted octanol–water partition coefficient (Wildman–Crippen LogP) is 3.39. The van der Waals surface area contributed by atoms with E-state index >= 15 is 0 Å². The Hall–Kier alpha value is -2.50. The fraction of sp³-hybridized carbons (Fsp3) is 0.500. The van der Waals surface area contributed by atoms with E-state index in [0.29, 0.717) is 19.1 Å². The van der Waals surface area contributed by atoms with E-state index in [1.165, 1.54) is 10.9 Å². The first-order valence-corrected chi connectivity index (χ1v) is 9.30. The molecule has 2 aromatic rings. The number of hydrogen-bond acceptors (Lipinski definition) is 3. The molecule has 2 N–H and O–H groups in total. The minimum absolute atomic E-state index is 0.0201. The first-order valence-electron chi connectivity index (χ1n) is 9.30. The molecule has 140 valence electrons. The SMILES string of the molecule is CCOC(=O)CNC(=O)N1CCc2c([nH]c3ccccc23)C1CC(C)C. The Morgan fingerprint density at radius 2 is 2.12 bits per heavy atom. The van der Waals surface area contributed by atoms with Crippen LogP contribution in [0.2, 0.25) is 0 Å². The minimum Gasteiger partial charge on any atom is -0.465 e. The first kappa shape index (κ1) is 18.3. The quantitative estimate of drug-likeness (QED) is 0.806. The molecule has 2 amide bonds. The number of amides is 2. The Kier molecular flexibility index (Phi) is 5.49. The Morgan fingerprint density at radius 1 is 1.35 bits per heavy atom. The fourth-order valence-corrected chi connectivity index (χ4v) is 3.71. The van der Waals surface area contributed by atoms with Crippen LogP contribution in [0.25, 0.3) is 10.9 Å². The van der Waals surface area contributed by atoms with Gasteiger partial charge in [-0.25, -0.2) is 4.79 Å². The van der Waals surface area contributed by atoms with Gasteiger partial charge in [0.25, 0.3) is 0 Å². The second-order valence-corrected chi connectivity index (χ2v) is 7.12. The molecule has 1 aliphatic rings. The number of esters is 1. The Labute approximate surface area is 153 Å². The van der Waals surface area contributed by atoms with Crippen LogP contribution in [0.5, 0.6) is 0 Å². The summed E-state index contributed by atoms with van der Waals surface area (Å²) in [6.45, 7) is 6.92. The van der Waals surface area contributed by atoms with Crippen molar-refractivity contribution in [3.05, 3.63) is 35.5 Å². The highest BCUT2D eigenvalue weighted by molar-refractivity contribution is 5.86. The van der Waals surface area contributed by atoms with Crippen LogP contribution in [-0.2, 0) is 16.0 Å². The molecule has 3 rings (SSSR count). The second-order valence-electron chi connectivity index (χ2n) is 7.12. The van der Waals surface area contributed by atoms with E-state index in [2.05, 4.69) is 36.3 Å². The van der Waals surface area contributed by atoms with E-state index in [4.69, 9.17) is 4.74 Å². The molecule has 1 unspecified atom stereocenters. The number of fused-ring (bicyclic) bond motifs is 3. The van der Waals surface area contributed by atoms with Crippen molar-refractivity contribution in [2.45, 2.75) is 39.7 Å². The molecule has 6 heteroatoms. The van der Waals surface area contributed by atoms with Crippen LogP contribution in [0, 0.1) is 5.92 Å². The topological polar surface area (TPSA) is 74.4 Å². The zero-order chi connectivity index (χ0) is 18.7. The number of aromatic nitrogens is 1. The van der Waals surface area contributed by atoms with Crippen molar-refractivity contribution in [2.24, 2.45) is 5.92 Å². The first-order chi connectivity index (χ1) is 12.5. The van der Waals surface area contributed by atoms with Gasteiger partial charge in [0, 0.05) is 23.1 Å². The number of carbonyl (C=O) groups is 2. The van der Waals surface area contributed by atoms with E-state index < -0.39 is 5.97 Å². The van der Waals surface area contributed by atoms with Gasteiger partial charge in [0.05, 0.1) is 12.6 Å². The standard InChI is InChI=1S/C20H27N3O3/c1-4-26-18(24)12-21-20(25)23-10-9-15-14-7-5-6-8-16(14)22-19(15)17(23)11-13(2)3/h5-8,13,17,22H,4,9-12H2,1-3H3,(H,21,25). The maximum absolute atomic E-state index is 12.7. The van der Waals surface area contributed by atoms with Gasteiger partial charge in [-0.15, -0.1) is 0 Å². The van der Waals surface area contributed by atoms with Gasteiger partial charge < -0.3 is 19.9 Å². The number of benzene rings is 1. The molecular formula is C20H27N3O3. The average molecular weight is 357 g/mol. The Balaban J connectivity index is 1.84. The second kappa shape index (κ2) is 7.81. The third-order valence-electron chi connectivity index (χ3n) is 4.80. The van der Waals surface area contributed by atoms with Crippen LogP contribution >= 0.6 is 0 Å². The number of hydrogen-bond donors (Lipinski definition) is 2. The molecule has 2 heterocycles. The molecule has 0 saturated heterocycles. The number of rotatable bonds is 5. The number of para-hydroxylation sites is 1. The van der Waals surface area contributed by atoms with Crippen LogP contribution < -0.4 is 5.32 Å². The number of H-pyrrole nitrogens is 1. The van der Waals surface area contributed by atoms with Gasteiger partial charge in [0.15, 0.2) is 0 Å². The molecular weight excluding hydrogens is 330 g/mol. The summed E-state index contributed by atoms with van der Waals surface area (Å²) in [5.41, 5.74) is 3.54. The van der Waals surface area contributed by atoms with Gasteiger partial charge in [0.2, 0.25) is 0 Å². The van der Waals surface area contributed by atoms with E-state index in [-0.39, 0.29) is 18.6 Å². The van der Waals surface area contributed by atoms with Crippen molar-refractivity contribution in [3.63, 3.8) is 0 Å². The smallest absolute Gasteiger partial charge is 0.325 e. The van der Waals surface area contributed by atoms with Crippen LogP contribution in [0.1, 0.15) is 44.5 Å². The lowest BCUT2D eigenvalue weighted by Crippen LogP contribution is -2.47. The van der Waals surface area contributed by atoms with Crippen LogP contribution in [-0.4, -0.2) is 41.6 Å². The van der Waals surface area contributed by atoms with Gasteiger partial charge in [-0.05, 0) is 37.3 Å². The number of nitrogens with zero attached hydrogens (tertiary/aromatic N) is 1. The van der Waals surface area contributed by atoms with Gasteiger partial charge >= 0.3 is 12.0 Å². The largest absolute Gasteiger partial charge is 0.465 e. The monoisotopic (exact) mass is 357 g/mol. The summed E-state index contributed by atoms with van der Waals surface area (Å²) >= 11 is 0. The molecule has 1 aromatic heterocycles. The molecule has 1 aromatic carbocycles. The molecule has 26 heavy (non-hydrogen) atoms. The Morgan fingerprint density at radius 3 is 2.85 bits per heavy atom. The summed E-state index contributed by atoms with van der Waals surface area (Å²) < 4.78 is 4.89. The summed E-state index contributed by atoms with van der Waals surface area (Å²) in [5, 5.41) is 3.94. The number of urea groups is 1. The minimum atomic E-state index is -0.412. The summed E-state index contributed by atoms with van der Waals surface area (Å²) in [4.78, 5) is 29.6. The van der Waals surface area contributed by atoms with Crippen molar-refractivity contribution >= 4 is 22.9 Å². The maximum Gasteiger partial charge on any atom is 0.325 e. The van der Waals surface area contributed by atoms with Crippen LogP contribution in [0.3, 0.4) is 0 Å². The predicted molar refractivity (Wildman–Crippen MR) is 101 cm³/mol. The van der Waals surface area contributed by atoms with Gasteiger partial charge in [-0.1, -0.05) is 32.0 Å². The lowest BCUT2D eigenvalue weighted by Gasteiger charge is -2.36. The van der Waals surface area contributed by atoms with E-state index in [1.807, 2.05) is 17.0 Å². The molecule has 0 bridgehead atoms. The molecule has 1 atom stereocenters. The summed E-state index contributed by atoms with van der Waals surface area (Å²) in [6, 6.07) is 8.04. The van der Waals surface area contributed by atoms with E-state index in [9.17, 15) is 9.59 Å². The molecule has 0 saturated carbocycles. The van der Waals surface area contributed by atoms with Crippen molar-refractivity contribution < 1.29 is 14.3 Å². The lowest BCUT2D eigenvalue weighted by atomic mass is 9.92. The van der Waals surface area contributed by atoms with Gasteiger partial charge in [-0.2, -0.15) is 0 Å². The summed E-state index contributed by atoms with van der Waals surface area (Å²) in [7, 11) is 0. The molecule has 0 radical (unpaired) electrons. The van der Waals surface area contributed by atoms with Crippen LogP contribution in [0.15, 0.2) is 24.3 Å². The molecule has 6 nitrogen and oxygen atoms in total. The third-order valence-corrected chi connectivity index (χ3v) is 4.80. The molecule has 0 aliphatic carbocycles. The number of aromatic amines is 1. The number of ether oxygens (including phenoxy) is 1. The van der Waals surface area contributed by atoms with Crippen molar-refractivity contribution in [2.75, 3.05) is 19.7 Å². The average Bonchev–Trinajstić information content (AvgIpc) is 2.99. The zero-order valence-electron chi connectivity index (χ0n) is 15.7. The van der Waals surface area contributed by atoms with Gasteiger partial charge in [0.1, 0.15) is 6.54 Å². The fourth-order valence-electron chi connectivity index (χ4n) is 3.71. The lowest BCUT2D eigenvalue weighted by molar-refractivity contribution is -0.141. The van der Waals surface area contributed by atoms with Crippen LogP contribution in [0.4, 0.5) is 4.79 Å². The third kappa shape index (κ3) is 3.69.